The van der Waals surface area contributed by atoms with Crippen LogP contribution in [0.15, 0.2) is 54.6 Å². The van der Waals surface area contributed by atoms with Gasteiger partial charge >= 0.3 is 0 Å². The molecule has 1 N–H and O–H groups in total. The van der Waals surface area contributed by atoms with Crippen LogP contribution < -0.4 is 5.32 Å². The van der Waals surface area contributed by atoms with Crippen LogP contribution in [0.2, 0.25) is 0 Å². The van der Waals surface area contributed by atoms with Gasteiger partial charge in [-0.2, -0.15) is 5.10 Å². The van der Waals surface area contributed by atoms with Gasteiger partial charge in [0.15, 0.2) is 0 Å². The molecule has 1 aliphatic heterocycles. The van der Waals surface area contributed by atoms with Crippen molar-refractivity contribution in [3.63, 3.8) is 0 Å². The highest BCUT2D eigenvalue weighted by Gasteiger charge is 2.37. The maximum atomic E-state index is 12.8. The maximum absolute atomic E-state index is 12.8. The van der Waals surface area contributed by atoms with Crippen molar-refractivity contribution in [1.82, 2.24) is 15.1 Å². The van der Waals surface area contributed by atoms with E-state index in [1.807, 2.05) is 22.9 Å². The predicted molar refractivity (Wildman–Crippen MR) is 102 cm³/mol. The summed E-state index contributed by atoms with van der Waals surface area (Å²) in [6.07, 6.45) is 0. The lowest BCUT2D eigenvalue weighted by Crippen LogP contribution is -2.23. The largest absolute Gasteiger partial charge is 0.340 e. The summed E-state index contributed by atoms with van der Waals surface area (Å²) in [7, 11) is 0. The standard InChI is InChI=1S/C22H23N3O/c1-14(2)19-18-20(17-11-9-15(3)10-12-17)23-22(26)21(18)25(24-19)13-16-7-5-4-6-8-16/h4-12,14,20H,13H2,1-3H3,(H,23,26). The number of hydrogen-bond donors (Lipinski definition) is 1. The third kappa shape index (κ3) is 2.81. The van der Waals surface area contributed by atoms with Crippen molar-refractivity contribution < 1.29 is 4.79 Å². The molecule has 0 fully saturated rings. The fourth-order valence-corrected chi connectivity index (χ4v) is 3.60. The van der Waals surface area contributed by atoms with Crippen molar-refractivity contribution in [2.45, 2.75) is 39.3 Å². The molecule has 2 aromatic carbocycles. The van der Waals surface area contributed by atoms with Crippen LogP contribution in [0.25, 0.3) is 0 Å². The number of aryl methyl sites for hydroxylation is 1. The zero-order chi connectivity index (χ0) is 18.3. The van der Waals surface area contributed by atoms with E-state index in [2.05, 4.69) is 62.5 Å². The molecule has 0 bridgehead atoms. The fourth-order valence-electron chi connectivity index (χ4n) is 3.60. The molecule has 3 aromatic rings. The Balaban J connectivity index is 1.81. The summed E-state index contributed by atoms with van der Waals surface area (Å²) in [6, 6.07) is 18.4. The first-order chi connectivity index (χ1) is 12.5. The smallest absolute Gasteiger partial charge is 0.270 e. The first-order valence-corrected chi connectivity index (χ1v) is 9.06. The van der Waals surface area contributed by atoms with Crippen LogP contribution in [0, 0.1) is 6.92 Å². The summed E-state index contributed by atoms with van der Waals surface area (Å²) in [5.41, 5.74) is 6.18. The lowest BCUT2D eigenvalue weighted by molar-refractivity contribution is 0.0950. The van der Waals surface area contributed by atoms with Crippen LogP contribution in [-0.4, -0.2) is 15.7 Å². The van der Waals surface area contributed by atoms with Gasteiger partial charge in [-0.15, -0.1) is 0 Å². The number of rotatable bonds is 4. The quantitative estimate of drug-likeness (QED) is 0.770. The van der Waals surface area contributed by atoms with Gasteiger partial charge in [0.2, 0.25) is 0 Å². The van der Waals surface area contributed by atoms with E-state index in [1.54, 1.807) is 0 Å². The molecule has 1 aliphatic rings. The minimum atomic E-state index is -0.125. The van der Waals surface area contributed by atoms with E-state index < -0.39 is 0 Å². The maximum Gasteiger partial charge on any atom is 0.270 e. The highest BCUT2D eigenvalue weighted by atomic mass is 16.2. The molecule has 4 heteroatoms. The van der Waals surface area contributed by atoms with Gasteiger partial charge in [0, 0.05) is 5.56 Å². The molecule has 26 heavy (non-hydrogen) atoms. The zero-order valence-corrected chi connectivity index (χ0v) is 15.4. The molecule has 4 rings (SSSR count). The zero-order valence-electron chi connectivity index (χ0n) is 15.4. The Bertz CT molecular complexity index is 940. The second-order valence-electron chi connectivity index (χ2n) is 7.26. The molecule has 1 aromatic heterocycles. The summed E-state index contributed by atoms with van der Waals surface area (Å²) >= 11 is 0. The van der Waals surface area contributed by atoms with Crippen molar-refractivity contribution in [2.24, 2.45) is 0 Å². The van der Waals surface area contributed by atoms with Crippen molar-refractivity contribution in [3.8, 4) is 0 Å². The lowest BCUT2D eigenvalue weighted by atomic mass is 9.95. The minimum absolute atomic E-state index is 0.0408. The van der Waals surface area contributed by atoms with Crippen LogP contribution in [0.3, 0.4) is 0 Å². The molecule has 0 radical (unpaired) electrons. The van der Waals surface area contributed by atoms with Crippen LogP contribution >= 0.6 is 0 Å². The van der Waals surface area contributed by atoms with E-state index in [0.717, 1.165) is 22.4 Å². The molecule has 132 valence electrons. The minimum Gasteiger partial charge on any atom is -0.340 e. The highest BCUT2D eigenvalue weighted by Crippen LogP contribution is 2.36. The normalized spacial score (nSPS) is 16.0. The van der Waals surface area contributed by atoms with Gasteiger partial charge in [0.05, 0.1) is 18.3 Å². The molecule has 0 saturated heterocycles. The third-order valence-electron chi connectivity index (χ3n) is 4.93. The SMILES string of the molecule is Cc1ccc(C2NC(=O)c3c2c(C(C)C)nn3Cc2ccccc2)cc1. The second kappa shape index (κ2) is 6.45. The highest BCUT2D eigenvalue weighted by molar-refractivity contribution is 5.98. The Hall–Kier alpha value is -2.88. The summed E-state index contributed by atoms with van der Waals surface area (Å²) in [5, 5.41) is 7.98. The molecule has 0 aliphatic carbocycles. The van der Waals surface area contributed by atoms with Gasteiger partial charge in [-0.25, -0.2) is 0 Å². The van der Waals surface area contributed by atoms with Gasteiger partial charge in [-0.05, 0) is 24.0 Å². The predicted octanol–water partition coefficient (Wildman–Crippen LogP) is 4.20. The number of fused-ring (bicyclic) bond motifs is 1. The third-order valence-corrected chi connectivity index (χ3v) is 4.93. The monoisotopic (exact) mass is 345 g/mol. The molecular formula is C22H23N3O. The summed E-state index contributed by atoms with van der Waals surface area (Å²) in [5.74, 6) is 0.210. The van der Waals surface area contributed by atoms with E-state index in [1.165, 1.54) is 5.56 Å². The van der Waals surface area contributed by atoms with Crippen molar-refractivity contribution in [1.29, 1.82) is 0 Å². The van der Waals surface area contributed by atoms with E-state index in [9.17, 15) is 4.79 Å². The molecular weight excluding hydrogens is 322 g/mol. The lowest BCUT2D eigenvalue weighted by Gasteiger charge is -2.14. The van der Waals surface area contributed by atoms with Crippen LogP contribution in [0.5, 0.6) is 0 Å². The topological polar surface area (TPSA) is 46.9 Å². The van der Waals surface area contributed by atoms with Crippen LogP contribution in [0.1, 0.15) is 64.2 Å². The van der Waals surface area contributed by atoms with Crippen LogP contribution in [0.4, 0.5) is 0 Å². The van der Waals surface area contributed by atoms with Gasteiger partial charge < -0.3 is 5.32 Å². The number of benzene rings is 2. The first kappa shape index (κ1) is 16.6. The summed E-state index contributed by atoms with van der Waals surface area (Å²) in [6.45, 7) is 6.93. The number of nitrogens with one attached hydrogen (secondary N) is 1. The first-order valence-electron chi connectivity index (χ1n) is 9.06. The number of amides is 1. The molecule has 1 unspecified atom stereocenters. The Morgan fingerprint density at radius 1 is 1.08 bits per heavy atom. The molecule has 1 amide bonds. The van der Waals surface area contributed by atoms with Crippen molar-refractivity contribution in [3.05, 3.63) is 88.2 Å². The Kier molecular flexibility index (Phi) is 4.11. The summed E-state index contributed by atoms with van der Waals surface area (Å²) < 4.78 is 1.86. The van der Waals surface area contributed by atoms with E-state index in [4.69, 9.17) is 5.10 Å². The fraction of sp³-hybridized carbons (Fsp3) is 0.273. The van der Waals surface area contributed by atoms with E-state index in [-0.39, 0.29) is 17.9 Å². The molecule has 0 spiro atoms. The van der Waals surface area contributed by atoms with Crippen molar-refractivity contribution in [2.75, 3.05) is 0 Å². The Morgan fingerprint density at radius 3 is 2.42 bits per heavy atom. The van der Waals surface area contributed by atoms with Crippen LogP contribution in [-0.2, 0) is 6.54 Å². The van der Waals surface area contributed by atoms with Gasteiger partial charge in [-0.1, -0.05) is 74.0 Å². The van der Waals surface area contributed by atoms with Crippen molar-refractivity contribution >= 4 is 5.91 Å². The average Bonchev–Trinajstić information content (AvgIpc) is 3.16. The Labute approximate surface area is 153 Å². The Morgan fingerprint density at radius 2 is 1.77 bits per heavy atom. The molecule has 0 saturated carbocycles. The molecule has 4 nitrogen and oxygen atoms in total. The number of carbonyl (C=O) groups excluding carboxylic acids is 1. The van der Waals surface area contributed by atoms with E-state index in [0.29, 0.717) is 12.2 Å². The van der Waals surface area contributed by atoms with Gasteiger partial charge in [0.1, 0.15) is 5.69 Å². The number of carbonyl (C=O) groups is 1. The number of nitrogens with zero attached hydrogens (tertiary/aromatic N) is 2. The van der Waals surface area contributed by atoms with Gasteiger partial charge in [0.25, 0.3) is 5.91 Å². The second-order valence-corrected chi connectivity index (χ2v) is 7.26. The van der Waals surface area contributed by atoms with Gasteiger partial charge in [-0.3, -0.25) is 9.48 Å². The molecule has 2 heterocycles. The van der Waals surface area contributed by atoms with E-state index >= 15 is 0 Å². The summed E-state index contributed by atoms with van der Waals surface area (Å²) in [4.78, 5) is 12.8. The average molecular weight is 345 g/mol. The molecule has 1 atom stereocenters. The number of hydrogen-bond acceptors (Lipinski definition) is 2. The number of aromatic nitrogens is 2.